The van der Waals surface area contributed by atoms with Crippen LogP contribution in [-0.2, 0) is 9.59 Å². The first-order chi connectivity index (χ1) is 12.1. The highest BCUT2D eigenvalue weighted by molar-refractivity contribution is 6.02. The lowest BCUT2D eigenvalue weighted by Gasteiger charge is -2.11. The van der Waals surface area contributed by atoms with Gasteiger partial charge in [-0.3, -0.25) is 9.59 Å². The van der Waals surface area contributed by atoms with Crippen molar-refractivity contribution in [3.8, 4) is 5.75 Å². The number of rotatable bonds is 5. The summed E-state index contributed by atoms with van der Waals surface area (Å²) in [6.45, 7) is 0.544. The van der Waals surface area contributed by atoms with Gasteiger partial charge in [0.1, 0.15) is 5.75 Å². The molecule has 0 aromatic heterocycles. The summed E-state index contributed by atoms with van der Waals surface area (Å²) in [7, 11) is 0. The normalized spacial score (nSPS) is 13.4. The molecule has 1 aliphatic rings. The average molecular weight is 337 g/mol. The van der Waals surface area contributed by atoms with Crippen LogP contribution in [0.25, 0.3) is 0 Å². The highest BCUT2D eigenvalue weighted by atomic mass is 16.3. The fourth-order valence-electron chi connectivity index (χ4n) is 2.59. The summed E-state index contributed by atoms with van der Waals surface area (Å²) in [6, 6.07) is 15.9. The molecular formula is C19H19N3O3. The minimum absolute atomic E-state index is 0.0897. The van der Waals surface area contributed by atoms with Gasteiger partial charge in [-0.05, 0) is 29.8 Å². The Morgan fingerprint density at radius 3 is 2.48 bits per heavy atom. The van der Waals surface area contributed by atoms with E-state index in [-0.39, 0.29) is 30.4 Å². The van der Waals surface area contributed by atoms with Crippen LogP contribution < -0.4 is 5.32 Å². The lowest BCUT2D eigenvalue weighted by Crippen LogP contribution is -2.24. The molecule has 6 heteroatoms. The van der Waals surface area contributed by atoms with E-state index in [0.717, 1.165) is 17.7 Å². The molecule has 0 atom stereocenters. The molecule has 2 amide bonds. The molecule has 0 saturated carbocycles. The molecule has 25 heavy (non-hydrogen) atoms. The summed E-state index contributed by atoms with van der Waals surface area (Å²) in [5.74, 6) is -0.272. The van der Waals surface area contributed by atoms with Crippen molar-refractivity contribution in [1.82, 2.24) is 5.01 Å². The lowest BCUT2D eigenvalue weighted by atomic mass is 10.1. The van der Waals surface area contributed by atoms with E-state index >= 15 is 0 Å². The van der Waals surface area contributed by atoms with Gasteiger partial charge in [0.2, 0.25) is 11.8 Å². The number of benzene rings is 2. The van der Waals surface area contributed by atoms with Crippen LogP contribution in [0.15, 0.2) is 59.7 Å². The molecule has 0 spiro atoms. The second kappa shape index (κ2) is 7.61. The van der Waals surface area contributed by atoms with E-state index in [1.165, 1.54) is 17.1 Å². The summed E-state index contributed by atoms with van der Waals surface area (Å²) in [5, 5.41) is 17.7. The van der Waals surface area contributed by atoms with Crippen molar-refractivity contribution in [2.45, 2.75) is 19.3 Å². The van der Waals surface area contributed by atoms with Crippen LogP contribution in [0, 0.1) is 0 Å². The zero-order valence-electron chi connectivity index (χ0n) is 13.7. The van der Waals surface area contributed by atoms with Crippen molar-refractivity contribution in [3.63, 3.8) is 0 Å². The number of amides is 2. The number of phenolic OH excluding ortho intramolecular Hbond substituents is 1. The molecule has 0 unspecified atom stereocenters. The summed E-state index contributed by atoms with van der Waals surface area (Å²) in [5.41, 5.74) is 2.49. The Bertz CT molecular complexity index is 785. The van der Waals surface area contributed by atoms with Gasteiger partial charge < -0.3 is 10.4 Å². The lowest BCUT2D eigenvalue weighted by molar-refractivity contribution is -0.132. The van der Waals surface area contributed by atoms with Gasteiger partial charge in [0.25, 0.3) is 0 Å². The smallest absolute Gasteiger partial charge is 0.243 e. The van der Waals surface area contributed by atoms with Crippen molar-refractivity contribution in [2.75, 3.05) is 11.9 Å². The standard InChI is InChI=1S/C19H19N3O3/c23-16-8-6-15(7-9-16)20-18(24)10-11-19(25)22-13-12-17(21-22)14-4-2-1-3-5-14/h1-9,23H,10-13H2,(H,20,24). The Balaban J connectivity index is 1.50. The van der Waals surface area contributed by atoms with Crippen LogP contribution in [0.2, 0.25) is 0 Å². The molecule has 0 aliphatic carbocycles. The van der Waals surface area contributed by atoms with Crippen molar-refractivity contribution in [2.24, 2.45) is 5.10 Å². The molecule has 1 heterocycles. The number of hydrogen-bond acceptors (Lipinski definition) is 4. The number of carbonyl (C=O) groups excluding carboxylic acids is 2. The van der Waals surface area contributed by atoms with Crippen LogP contribution in [-0.4, -0.2) is 34.2 Å². The van der Waals surface area contributed by atoms with Gasteiger partial charge in [-0.1, -0.05) is 30.3 Å². The molecule has 0 fully saturated rings. The molecule has 6 nitrogen and oxygen atoms in total. The predicted molar refractivity (Wildman–Crippen MR) is 95.3 cm³/mol. The Labute approximate surface area is 145 Å². The molecule has 0 bridgehead atoms. The molecular weight excluding hydrogens is 318 g/mol. The fourth-order valence-corrected chi connectivity index (χ4v) is 2.59. The molecule has 128 valence electrons. The number of nitrogens with one attached hydrogen (secondary N) is 1. The largest absolute Gasteiger partial charge is 0.508 e. The topological polar surface area (TPSA) is 82.0 Å². The summed E-state index contributed by atoms with van der Waals surface area (Å²) >= 11 is 0. The molecule has 1 aliphatic heterocycles. The van der Waals surface area contributed by atoms with Crippen LogP contribution in [0.5, 0.6) is 5.75 Å². The van der Waals surface area contributed by atoms with Gasteiger partial charge in [0, 0.05) is 24.9 Å². The van der Waals surface area contributed by atoms with Gasteiger partial charge in [-0.25, -0.2) is 5.01 Å². The van der Waals surface area contributed by atoms with E-state index in [4.69, 9.17) is 0 Å². The number of hydrogen-bond donors (Lipinski definition) is 2. The molecule has 0 radical (unpaired) electrons. The summed E-state index contributed by atoms with van der Waals surface area (Å²) in [6.07, 6.45) is 0.914. The first-order valence-corrected chi connectivity index (χ1v) is 8.14. The quantitative estimate of drug-likeness (QED) is 0.823. The maximum atomic E-state index is 12.2. The van der Waals surface area contributed by atoms with Gasteiger partial charge in [-0.2, -0.15) is 5.10 Å². The van der Waals surface area contributed by atoms with E-state index < -0.39 is 0 Å². The number of anilines is 1. The van der Waals surface area contributed by atoms with Gasteiger partial charge in [0.05, 0.1) is 12.3 Å². The third kappa shape index (κ3) is 4.44. The fraction of sp³-hybridized carbons (Fsp3) is 0.211. The third-order valence-corrected chi connectivity index (χ3v) is 3.91. The highest BCUT2D eigenvalue weighted by Crippen LogP contribution is 2.16. The van der Waals surface area contributed by atoms with Crippen molar-refractivity contribution < 1.29 is 14.7 Å². The zero-order valence-corrected chi connectivity index (χ0v) is 13.7. The minimum atomic E-state index is -0.245. The first kappa shape index (κ1) is 16.7. The number of hydrazone groups is 1. The molecule has 2 aromatic carbocycles. The zero-order chi connectivity index (χ0) is 17.6. The summed E-state index contributed by atoms with van der Waals surface area (Å²) in [4.78, 5) is 24.2. The maximum Gasteiger partial charge on any atom is 0.243 e. The Kier molecular flexibility index (Phi) is 5.09. The van der Waals surface area contributed by atoms with Crippen molar-refractivity contribution >= 4 is 23.2 Å². The monoisotopic (exact) mass is 337 g/mol. The number of phenols is 1. The van der Waals surface area contributed by atoms with E-state index in [2.05, 4.69) is 10.4 Å². The van der Waals surface area contributed by atoms with Crippen LogP contribution >= 0.6 is 0 Å². The second-order valence-electron chi connectivity index (χ2n) is 5.77. The van der Waals surface area contributed by atoms with Crippen LogP contribution in [0.1, 0.15) is 24.8 Å². The van der Waals surface area contributed by atoms with Gasteiger partial charge in [-0.15, -0.1) is 0 Å². The Morgan fingerprint density at radius 1 is 1.04 bits per heavy atom. The van der Waals surface area contributed by atoms with E-state index in [1.54, 1.807) is 12.1 Å². The molecule has 2 aromatic rings. The number of aromatic hydroxyl groups is 1. The van der Waals surface area contributed by atoms with Crippen LogP contribution in [0.4, 0.5) is 5.69 Å². The maximum absolute atomic E-state index is 12.2. The summed E-state index contributed by atoms with van der Waals surface area (Å²) < 4.78 is 0. The van der Waals surface area contributed by atoms with Gasteiger partial charge >= 0.3 is 0 Å². The van der Waals surface area contributed by atoms with Crippen molar-refractivity contribution in [1.29, 1.82) is 0 Å². The van der Waals surface area contributed by atoms with E-state index in [1.807, 2.05) is 30.3 Å². The van der Waals surface area contributed by atoms with Gasteiger partial charge in [0.15, 0.2) is 0 Å². The molecule has 3 rings (SSSR count). The van der Waals surface area contributed by atoms with Crippen LogP contribution in [0.3, 0.4) is 0 Å². The van der Waals surface area contributed by atoms with E-state index in [9.17, 15) is 14.7 Å². The molecule has 2 N–H and O–H groups in total. The minimum Gasteiger partial charge on any atom is -0.508 e. The molecule has 0 saturated heterocycles. The second-order valence-corrected chi connectivity index (χ2v) is 5.77. The average Bonchev–Trinajstić information content (AvgIpc) is 3.13. The predicted octanol–water partition coefficient (Wildman–Crippen LogP) is 2.75. The highest BCUT2D eigenvalue weighted by Gasteiger charge is 2.21. The number of carbonyl (C=O) groups is 2. The number of nitrogens with zero attached hydrogens (tertiary/aromatic N) is 2. The van der Waals surface area contributed by atoms with Crippen molar-refractivity contribution in [3.05, 3.63) is 60.2 Å². The Morgan fingerprint density at radius 2 is 1.76 bits per heavy atom. The third-order valence-electron chi connectivity index (χ3n) is 3.91. The van der Waals surface area contributed by atoms with E-state index in [0.29, 0.717) is 12.2 Å². The SMILES string of the molecule is O=C(CCC(=O)N1CCC(c2ccccc2)=N1)Nc1ccc(O)cc1. The Hall–Kier alpha value is -3.15. The first-order valence-electron chi connectivity index (χ1n) is 8.14.